The lowest BCUT2D eigenvalue weighted by atomic mass is 10.0. The van der Waals surface area contributed by atoms with Crippen LogP contribution in [0.1, 0.15) is 13.8 Å². The zero-order chi connectivity index (χ0) is 6.57. The maximum atomic E-state index is 5.58. The van der Waals surface area contributed by atoms with Crippen molar-refractivity contribution in [3.8, 4) is 0 Å². The molecule has 0 saturated carbocycles. The highest BCUT2D eigenvalue weighted by Crippen LogP contribution is 2.13. The number of hydrogen-bond donors (Lipinski definition) is 0. The summed E-state index contributed by atoms with van der Waals surface area (Å²) in [4.78, 5) is 0. The molecule has 0 saturated heterocycles. The second kappa shape index (κ2) is 4.46. The fourth-order valence-electron chi connectivity index (χ4n) is 0.398. The van der Waals surface area contributed by atoms with Crippen molar-refractivity contribution in [2.75, 3.05) is 11.8 Å². The van der Waals surface area contributed by atoms with Gasteiger partial charge in [-0.25, -0.2) is 0 Å². The Morgan fingerprint density at radius 3 is 1.50 bits per heavy atom. The monoisotopic (exact) mass is 154 g/mol. The SMILES string of the molecule is CC(C)C(CCl)CCl. The minimum absolute atomic E-state index is 0.485. The van der Waals surface area contributed by atoms with E-state index < -0.39 is 0 Å². The van der Waals surface area contributed by atoms with E-state index >= 15 is 0 Å². The molecule has 2 heteroatoms. The van der Waals surface area contributed by atoms with E-state index in [9.17, 15) is 0 Å². The summed E-state index contributed by atoms with van der Waals surface area (Å²) in [6.45, 7) is 4.27. The van der Waals surface area contributed by atoms with E-state index in [2.05, 4.69) is 13.8 Å². The van der Waals surface area contributed by atoms with Crippen LogP contribution in [0.3, 0.4) is 0 Å². The third kappa shape index (κ3) is 2.78. The van der Waals surface area contributed by atoms with E-state index in [0.29, 0.717) is 23.6 Å². The van der Waals surface area contributed by atoms with Gasteiger partial charge < -0.3 is 0 Å². The molecule has 0 atom stereocenters. The highest BCUT2D eigenvalue weighted by molar-refractivity contribution is 6.20. The summed E-state index contributed by atoms with van der Waals surface area (Å²) < 4.78 is 0. The van der Waals surface area contributed by atoms with Crippen molar-refractivity contribution in [2.24, 2.45) is 11.8 Å². The zero-order valence-electron chi connectivity index (χ0n) is 5.32. The van der Waals surface area contributed by atoms with Crippen molar-refractivity contribution < 1.29 is 0 Å². The molecule has 0 aliphatic carbocycles. The molecule has 0 aromatic rings. The lowest BCUT2D eigenvalue weighted by Gasteiger charge is -2.12. The lowest BCUT2D eigenvalue weighted by Crippen LogP contribution is -2.11. The molecule has 0 aliphatic heterocycles. The van der Waals surface area contributed by atoms with Crippen LogP contribution in [0.2, 0.25) is 0 Å². The van der Waals surface area contributed by atoms with Crippen LogP contribution >= 0.6 is 23.2 Å². The van der Waals surface area contributed by atoms with Crippen LogP contribution in [-0.4, -0.2) is 11.8 Å². The molecule has 0 heterocycles. The summed E-state index contributed by atoms with van der Waals surface area (Å²) in [5, 5.41) is 0. The molecule has 0 bridgehead atoms. The first-order chi connectivity index (χ1) is 3.72. The summed E-state index contributed by atoms with van der Waals surface area (Å²) in [7, 11) is 0. The summed E-state index contributed by atoms with van der Waals surface area (Å²) in [5.74, 6) is 2.46. The van der Waals surface area contributed by atoms with Gasteiger partial charge in [0.15, 0.2) is 0 Å². The van der Waals surface area contributed by atoms with E-state index in [1.54, 1.807) is 0 Å². The summed E-state index contributed by atoms with van der Waals surface area (Å²) in [5.41, 5.74) is 0. The van der Waals surface area contributed by atoms with Crippen molar-refractivity contribution in [3.63, 3.8) is 0 Å². The van der Waals surface area contributed by atoms with Gasteiger partial charge in [-0.2, -0.15) is 0 Å². The molecule has 0 amide bonds. The first-order valence-corrected chi connectivity index (χ1v) is 3.91. The van der Waals surface area contributed by atoms with Crippen molar-refractivity contribution in [1.29, 1.82) is 0 Å². The van der Waals surface area contributed by atoms with Crippen LogP contribution in [0, 0.1) is 11.8 Å². The first kappa shape index (κ1) is 8.58. The largest absolute Gasteiger partial charge is 0.126 e. The quantitative estimate of drug-likeness (QED) is 0.549. The molecular formula is C6H12Cl2. The highest BCUT2D eigenvalue weighted by Gasteiger charge is 2.08. The van der Waals surface area contributed by atoms with Gasteiger partial charge in [-0.15, -0.1) is 23.2 Å². The van der Waals surface area contributed by atoms with Gasteiger partial charge in [-0.05, 0) is 11.8 Å². The standard InChI is InChI=1S/C6H12Cl2/c1-5(2)6(3-7)4-8/h5-6H,3-4H2,1-2H3. The van der Waals surface area contributed by atoms with Crippen molar-refractivity contribution in [1.82, 2.24) is 0 Å². The Kier molecular flexibility index (Phi) is 4.78. The van der Waals surface area contributed by atoms with E-state index in [-0.39, 0.29) is 0 Å². The normalized spacial score (nSPS) is 11.2. The predicted molar refractivity (Wildman–Crippen MR) is 39.8 cm³/mol. The second-order valence-corrected chi connectivity index (χ2v) is 2.93. The van der Waals surface area contributed by atoms with Crippen LogP contribution in [0.15, 0.2) is 0 Å². The lowest BCUT2D eigenvalue weighted by molar-refractivity contribution is 0.467. The molecule has 0 spiro atoms. The van der Waals surface area contributed by atoms with Crippen LogP contribution < -0.4 is 0 Å². The average molecular weight is 155 g/mol. The van der Waals surface area contributed by atoms with Gasteiger partial charge in [0.25, 0.3) is 0 Å². The Morgan fingerprint density at radius 1 is 1.12 bits per heavy atom. The summed E-state index contributed by atoms with van der Waals surface area (Å²) >= 11 is 11.2. The number of hydrogen-bond acceptors (Lipinski definition) is 0. The molecule has 0 radical (unpaired) electrons. The molecule has 50 valence electrons. The molecule has 0 rings (SSSR count). The number of halogens is 2. The van der Waals surface area contributed by atoms with Gasteiger partial charge in [0.2, 0.25) is 0 Å². The Balaban J connectivity index is 3.35. The molecule has 0 N–H and O–H groups in total. The predicted octanol–water partition coefficient (Wildman–Crippen LogP) is 2.74. The van der Waals surface area contributed by atoms with Gasteiger partial charge in [0, 0.05) is 11.8 Å². The second-order valence-electron chi connectivity index (χ2n) is 2.31. The van der Waals surface area contributed by atoms with Crippen LogP contribution in [0.25, 0.3) is 0 Å². The zero-order valence-corrected chi connectivity index (χ0v) is 6.84. The molecule has 0 fully saturated rings. The van der Waals surface area contributed by atoms with Gasteiger partial charge in [0.05, 0.1) is 0 Å². The Morgan fingerprint density at radius 2 is 1.50 bits per heavy atom. The minimum Gasteiger partial charge on any atom is -0.126 e. The maximum Gasteiger partial charge on any atom is 0.0265 e. The summed E-state index contributed by atoms with van der Waals surface area (Å²) in [6.07, 6.45) is 0. The molecule has 0 aliphatic rings. The average Bonchev–Trinajstić information content (AvgIpc) is 1.69. The van der Waals surface area contributed by atoms with Gasteiger partial charge in [0.1, 0.15) is 0 Å². The minimum atomic E-state index is 0.485. The fraction of sp³-hybridized carbons (Fsp3) is 1.00. The summed E-state index contributed by atoms with van der Waals surface area (Å²) in [6, 6.07) is 0. The first-order valence-electron chi connectivity index (χ1n) is 2.84. The smallest absolute Gasteiger partial charge is 0.0265 e. The highest BCUT2D eigenvalue weighted by atomic mass is 35.5. The third-order valence-corrected chi connectivity index (χ3v) is 2.13. The van der Waals surface area contributed by atoms with Gasteiger partial charge in [-0.3, -0.25) is 0 Å². The van der Waals surface area contributed by atoms with E-state index in [4.69, 9.17) is 23.2 Å². The van der Waals surface area contributed by atoms with Gasteiger partial charge in [-0.1, -0.05) is 13.8 Å². The number of rotatable bonds is 3. The fourth-order valence-corrected chi connectivity index (χ4v) is 1.44. The number of alkyl halides is 2. The molecular weight excluding hydrogens is 143 g/mol. The van der Waals surface area contributed by atoms with E-state index in [1.165, 1.54) is 0 Å². The van der Waals surface area contributed by atoms with E-state index in [0.717, 1.165) is 0 Å². The Labute approximate surface area is 61.2 Å². The van der Waals surface area contributed by atoms with Gasteiger partial charge >= 0.3 is 0 Å². The van der Waals surface area contributed by atoms with Crippen molar-refractivity contribution in [2.45, 2.75) is 13.8 Å². The van der Waals surface area contributed by atoms with Crippen LogP contribution in [0.4, 0.5) is 0 Å². The molecule has 0 unspecified atom stereocenters. The van der Waals surface area contributed by atoms with Crippen LogP contribution in [0.5, 0.6) is 0 Å². The maximum absolute atomic E-state index is 5.58. The molecule has 0 nitrogen and oxygen atoms in total. The topological polar surface area (TPSA) is 0 Å². The third-order valence-electron chi connectivity index (χ3n) is 1.34. The van der Waals surface area contributed by atoms with Crippen molar-refractivity contribution in [3.05, 3.63) is 0 Å². The molecule has 0 aromatic heterocycles. The van der Waals surface area contributed by atoms with Crippen molar-refractivity contribution >= 4 is 23.2 Å². The van der Waals surface area contributed by atoms with Crippen LogP contribution in [-0.2, 0) is 0 Å². The Bertz CT molecular complexity index is 48.5. The van der Waals surface area contributed by atoms with E-state index in [1.807, 2.05) is 0 Å². The Hall–Kier alpha value is 0.580. The molecule has 8 heavy (non-hydrogen) atoms. The molecule has 0 aromatic carbocycles.